The van der Waals surface area contributed by atoms with Crippen LogP contribution in [0.5, 0.6) is 0 Å². The van der Waals surface area contributed by atoms with Crippen LogP contribution in [-0.2, 0) is 30.3 Å². The number of thiazole rings is 1. The molecule has 17 heteroatoms. The standard InChI is InChI=1S/C50H66ClN9O6S/c1-31-8-17-40-43(31)46(54-29-53-40)58-20-22-59(23-21-58)48(64)39(35-13-15-37(51)16-14-35)27-52-19-7-24-66-25-18-42(62)57-45(50(4,5)6)49(65)60-28-38(61)26-41(60)47(63)56-32(2)34-9-11-36(12-10-34)44-33(3)55-30-67-44/h9-16,29-32,38-39,41,45,52,61H,7-8,17-28H2,1-6H3,(H,56,63)(H,57,62)/t31-,32+,38-,39-,41+,45-/m1/s1. The molecule has 2 aliphatic heterocycles. The molecule has 6 atom stereocenters. The fourth-order valence-corrected chi connectivity index (χ4v) is 10.3. The molecule has 3 aliphatic rings. The van der Waals surface area contributed by atoms with Gasteiger partial charge in [-0.3, -0.25) is 19.2 Å². The maximum absolute atomic E-state index is 14.1. The van der Waals surface area contributed by atoms with Gasteiger partial charge in [0.15, 0.2) is 0 Å². The number of benzene rings is 2. The van der Waals surface area contributed by atoms with E-state index in [0.717, 1.165) is 51.6 Å². The van der Waals surface area contributed by atoms with E-state index >= 15 is 0 Å². The van der Waals surface area contributed by atoms with Crippen LogP contribution in [0.4, 0.5) is 5.82 Å². The molecule has 2 fully saturated rings. The van der Waals surface area contributed by atoms with Crippen molar-refractivity contribution in [3.8, 4) is 10.4 Å². The molecule has 0 saturated carbocycles. The molecular weight excluding hydrogens is 890 g/mol. The van der Waals surface area contributed by atoms with E-state index in [1.165, 1.54) is 10.5 Å². The number of carbonyl (C=O) groups excluding carboxylic acids is 4. The van der Waals surface area contributed by atoms with E-state index in [0.29, 0.717) is 63.2 Å². The summed E-state index contributed by atoms with van der Waals surface area (Å²) >= 11 is 7.80. The van der Waals surface area contributed by atoms with E-state index in [4.69, 9.17) is 16.3 Å². The van der Waals surface area contributed by atoms with Gasteiger partial charge in [0.1, 0.15) is 24.2 Å². The zero-order chi connectivity index (χ0) is 47.8. The van der Waals surface area contributed by atoms with Crippen LogP contribution < -0.4 is 20.9 Å². The molecule has 7 rings (SSSR count). The molecule has 15 nitrogen and oxygen atoms in total. The van der Waals surface area contributed by atoms with Gasteiger partial charge in [0.25, 0.3) is 0 Å². The molecule has 0 spiro atoms. The molecular formula is C50H66ClN9O6S. The van der Waals surface area contributed by atoms with Crippen LogP contribution in [0.3, 0.4) is 0 Å². The summed E-state index contributed by atoms with van der Waals surface area (Å²) in [5.74, 6) is -0.0157. The van der Waals surface area contributed by atoms with Crippen molar-refractivity contribution in [1.29, 1.82) is 0 Å². The molecule has 4 amide bonds. The number of aliphatic hydroxyl groups excluding tert-OH is 1. The quantitative estimate of drug-likeness (QED) is 0.0886. The highest BCUT2D eigenvalue weighted by Gasteiger charge is 2.45. The van der Waals surface area contributed by atoms with Gasteiger partial charge in [-0.1, -0.05) is 75.7 Å². The smallest absolute Gasteiger partial charge is 0.246 e. The Kier molecular flexibility index (Phi) is 16.7. The highest BCUT2D eigenvalue weighted by atomic mass is 35.5. The number of β-amino-alcohol motifs (C(OH)–C–C–N with tert-alkyl or cyclic N) is 1. The van der Waals surface area contributed by atoms with E-state index in [1.54, 1.807) is 17.7 Å². The van der Waals surface area contributed by atoms with E-state index < -0.39 is 35.4 Å². The van der Waals surface area contributed by atoms with E-state index in [1.807, 2.05) is 93.6 Å². The molecule has 2 aromatic carbocycles. The number of nitrogens with zero attached hydrogens (tertiary/aromatic N) is 6. The molecule has 67 heavy (non-hydrogen) atoms. The van der Waals surface area contributed by atoms with E-state index in [-0.39, 0.29) is 49.8 Å². The average molecular weight is 957 g/mol. The molecule has 0 bridgehead atoms. The fraction of sp³-hybridized carbons (Fsp3) is 0.540. The Labute approximate surface area is 403 Å². The van der Waals surface area contributed by atoms with Crippen molar-refractivity contribution in [3.63, 3.8) is 0 Å². The number of ether oxygens (including phenoxy) is 1. The number of hydrogen-bond acceptors (Lipinski definition) is 12. The Morgan fingerprint density at radius 1 is 0.940 bits per heavy atom. The monoisotopic (exact) mass is 955 g/mol. The first kappa shape index (κ1) is 49.9. The second-order valence-electron chi connectivity index (χ2n) is 19.2. The van der Waals surface area contributed by atoms with Gasteiger partial charge >= 0.3 is 0 Å². The second-order valence-corrected chi connectivity index (χ2v) is 20.5. The molecule has 2 aromatic heterocycles. The fourth-order valence-electron chi connectivity index (χ4n) is 9.34. The van der Waals surface area contributed by atoms with Gasteiger partial charge < -0.3 is 40.5 Å². The van der Waals surface area contributed by atoms with Crippen molar-refractivity contribution >= 4 is 52.4 Å². The summed E-state index contributed by atoms with van der Waals surface area (Å²) in [6.45, 7) is 15.9. The normalized spacial score (nSPS) is 19.8. The summed E-state index contributed by atoms with van der Waals surface area (Å²) in [5.41, 5.74) is 7.35. The van der Waals surface area contributed by atoms with Crippen molar-refractivity contribution in [2.24, 2.45) is 5.41 Å². The summed E-state index contributed by atoms with van der Waals surface area (Å²) < 4.78 is 5.84. The van der Waals surface area contributed by atoms with Crippen LogP contribution in [-0.4, -0.2) is 131 Å². The van der Waals surface area contributed by atoms with Crippen LogP contribution >= 0.6 is 22.9 Å². The van der Waals surface area contributed by atoms with Crippen LogP contribution in [0, 0.1) is 12.3 Å². The van der Waals surface area contributed by atoms with Crippen LogP contribution in [0.2, 0.25) is 5.02 Å². The minimum atomic E-state index is -0.937. The third-order valence-electron chi connectivity index (χ3n) is 13.2. The predicted molar refractivity (Wildman–Crippen MR) is 261 cm³/mol. The zero-order valence-electron chi connectivity index (χ0n) is 39.6. The third kappa shape index (κ3) is 12.4. The molecule has 2 saturated heterocycles. The van der Waals surface area contributed by atoms with Crippen LogP contribution in [0.15, 0.2) is 60.4 Å². The molecule has 4 heterocycles. The summed E-state index contributed by atoms with van der Waals surface area (Å²) in [5, 5.41) is 20.7. The highest BCUT2D eigenvalue weighted by Crippen LogP contribution is 2.37. The second kappa shape index (κ2) is 22.4. The van der Waals surface area contributed by atoms with Crippen LogP contribution in [0.25, 0.3) is 10.4 Å². The molecule has 0 radical (unpaired) electrons. The number of aliphatic hydroxyl groups is 1. The van der Waals surface area contributed by atoms with Crippen molar-refractivity contribution in [1.82, 2.24) is 40.7 Å². The van der Waals surface area contributed by atoms with Gasteiger partial charge in [-0.15, -0.1) is 11.3 Å². The van der Waals surface area contributed by atoms with Crippen LogP contribution in [0.1, 0.15) is 106 Å². The lowest BCUT2D eigenvalue weighted by Gasteiger charge is -2.38. The first-order chi connectivity index (χ1) is 32.1. The average Bonchev–Trinajstić information content (AvgIpc) is 4.05. The summed E-state index contributed by atoms with van der Waals surface area (Å²) in [6.07, 6.45) is 3.66. The Balaban J connectivity index is 0.845. The maximum Gasteiger partial charge on any atom is 0.246 e. The molecule has 360 valence electrons. The lowest BCUT2D eigenvalue weighted by atomic mass is 9.85. The number of fused-ring (bicyclic) bond motifs is 1. The Morgan fingerprint density at radius 3 is 2.34 bits per heavy atom. The number of anilines is 1. The number of aromatic nitrogens is 3. The highest BCUT2D eigenvalue weighted by molar-refractivity contribution is 7.13. The van der Waals surface area contributed by atoms with Gasteiger partial charge in [0.05, 0.1) is 40.8 Å². The first-order valence-electron chi connectivity index (χ1n) is 23.6. The number of hydrogen-bond donors (Lipinski definition) is 4. The largest absolute Gasteiger partial charge is 0.391 e. The number of carbonyl (C=O) groups is 4. The first-order valence-corrected chi connectivity index (χ1v) is 24.8. The molecule has 1 aliphatic carbocycles. The van der Waals surface area contributed by atoms with Crippen molar-refractivity contribution in [2.75, 3.05) is 63.9 Å². The number of nitrogens with one attached hydrogen (secondary N) is 3. The number of aryl methyl sites for hydroxylation is 2. The Morgan fingerprint density at radius 2 is 1.66 bits per heavy atom. The van der Waals surface area contributed by atoms with Gasteiger partial charge in [-0.2, -0.15) is 0 Å². The lowest BCUT2D eigenvalue weighted by molar-refractivity contribution is -0.144. The van der Waals surface area contributed by atoms with E-state index in [2.05, 4.69) is 42.7 Å². The van der Waals surface area contributed by atoms with Gasteiger partial charge in [0, 0.05) is 75.0 Å². The van der Waals surface area contributed by atoms with E-state index in [9.17, 15) is 24.3 Å². The van der Waals surface area contributed by atoms with Gasteiger partial charge in [-0.25, -0.2) is 15.0 Å². The van der Waals surface area contributed by atoms with Crippen molar-refractivity contribution in [3.05, 3.63) is 93.5 Å². The number of amides is 4. The topological polar surface area (TPSA) is 182 Å². The van der Waals surface area contributed by atoms with Gasteiger partial charge in [0.2, 0.25) is 23.6 Å². The summed E-state index contributed by atoms with van der Waals surface area (Å²) in [6, 6.07) is 13.2. The lowest BCUT2D eigenvalue weighted by Crippen LogP contribution is -2.58. The molecule has 4 aromatic rings. The number of piperazine rings is 1. The predicted octanol–water partition coefficient (Wildman–Crippen LogP) is 5.80. The van der Waals surface area contributed by atoms with Gasteiger partial charge in [-0.05, 0) is 79.8 Å². The third-order valence-corrected chi connectivity index (χ3v) is 14.5. The minimum Gasteiger partial charge on any atom is -0.391 e. The molecule has 4 N–H and O–H groups in total. The SMILES string of the molecule is Cc1ncsc1-c1ccc([C@H](C)NC(=O)[C@@H]2C[C@@H](O)CN2C(=O)[C@@H](NC(=O)CCOCCCNC[C@@H](C(=O)N2CCN(c3ncnc4c3[C@H](C)CC4)CC2)c2ccc(Cl)cc2)C(C)(C)C)cc1. The number of rotatable bonds is 18. The zero-order valence-corrected chi connectivity index (χ0v) is 41.2. The Bertz CT molecular complexity index is 2330. The van der Waals surface area contributed by atoms with Crippen molar-refractivity contribution < 1.29 is 29.0 Å². The summed E-state index contributed by atoms with van der Waals surface area (Å²) in [7, 11) is 0. The number of likely N-dealkylation sites (tertiary alicyclic amines) is 1. The Hall–Kier alpha value is -5.00. The minimum absolute atomic E-state index is 0.00884. The summed E-state index contributed by atoms with van der Waals surface area (Å²) in [4.78, 5) is 75.4. The van der Waals surface area contributed by atoms with Crippen molar-refractivity contribution in [2.45, 2.75) is 110 Å². The number of halogens is 1. The maximum atomic E-state index is 14.1. The molecule has 0 unspecified atom stereocenters.